The Morgan fingerprint density at radius 2 is 1.00 bits per heavy atom. The lowest BCUT2D eigenvalue weighted by molar-refractivity contribution is -0.369. The van der Waals surface area contributed by atoms with Crippen LogP contribution in [0.5, 0.6) is 0 Å². The summed E-state index contributed by atoms with van der Waals surface area (Å²) in [5.74, 6) is -2.51. The smallest absolute Gasteiger partial charge is 0.328 e. The van der Waals surface area contributed by atoms with Crippen LogP contribution in [0.3, 0.4) is 0 Å². The predicted octanol–water partition coefficient (Wildman–Crippen LogP) is -1.99. The average molecular weight is 338 g/mol. The van der Waals surface area contributed by atoms with Crippen LogP contribution in [0.25, 0.3) is 0 Å². The molecule has 8 N–H and O–H groups in total. The molecule has 0 amide bonds. The molecule has 0 aromatic heterocycles. The Bertz CT molecular complexity index is 284. The molecule has 23 heavy (non-hydrogen) atoms. The van der Waals surface area contributed by atoms with Crippen LogP contribution in [0.15, 0.2) is 12.2 Å². The molecule has 136 valence electrons. The van der Waals surface area contributed by atoms with Gasteiger partial charge in [0, 0.05) is 25.0 Å². The Morgan fingerprint density at radius 3 is 1.26 bits per heavy atom. The predicted molar refractivity (Wildman–Crippen MR) is 81.6 cm³/mol. The number of aliphatic carboxylic acids is 2. The Balaban J connectivity index is 0. The molecule has 0 atom stereocenters. The molecule has 0 aliphatic carbocycles. The summed E-state index contributed by atoms with van der Waals surface area (Å²) in [5.41, 5.74) is 7.47. The average Bonchev–Trinajstić information content (AvgIpc) is 2.51. The standard InChI is InChI=1S/C10H24N2O3.C4H4O4/c11-3-1-5-13-7-9-15-10-8-14-6-2-4-12;5-3(6)1-2-4(7)8/h1-12H2;1-2H,(H,5,6)(H,7,8)/p+2/b;2-1-. The Morgan fingerprint density at radius 1 is 0.696 bits per heavy atom. The number of quaternary nitrogens is 2. The number of hydrogen-bond donors (Lipinski definition) is 4. The summed E-state index contributed by atoms with van der Waals surface area (Å²) in [5, 5.41) is 15.6. The number of carboxylic acids is 2. The van der Waals surface area contributed by atoms with E-state index in [-0.39, 0.29) is 0 Å². The van der Waals surface area contributed by atoms with Crippen molar-refractivity contribution < 1.29 is 45.5 Å². The van der Waals surface area contributed by atoms with Gasteiger partial charge < -0.3 is 35.9 Å². The van der Waals surface area contributed by atoms with Crippen LogP contribution in [0.1, 0.15) is 12.8 Å². The maximum Gasteiger partial charge on any atom is 0.328 e. The van der Waals surface area contributed by atoms with E-state index in [4.69, 9.17) is 24.4 Å². The first-order valence-corrected chi connectivity index (χ1v) is 7.50. The molecule has 9 nitrogen and oxygen atoms in total. The molecule has 0 aliphatic rings. The lowest BCUT2D eigenvalue weighted by Gasteiger charge is -2.05. The number of carboxylic acid groups (broad SMARTS) is 2. The second-order valence-corrected chi connectivity index (χ2v) is 4.26. The fraction of sp³-hybridized carbons (Fsp3) is 0.714. The van der Waals surface area contributed by atoms with Crippen LogP contribution in [-0.2, 0) is 23.8 Å². The zero-order valence-electron chi connectivity index (χ0n) is 13.6. The first-order valence-electron chi connectivity index (χ1n) is 7.50. The van der Waals surface area contributed by atoms with Crippen molar-refractivity contribution in [2.24, 2.45) is 0 Å². The van der Waals surface area contributed by atoms with E-state index in [1.165, 1.54) is 0 Å². The van der Waals surface area contributed by atoms with Crippen molar-refractivity contribution in [1.29, 1.82) is 0 Å². The molecule has 9 heteroatoms. The van der Waals surface area contributed by atoms with Gasteiger partial charge in [-0.05, 0) is 0 Å². The van der Waals surface area contributed by atoms with Gasteiger partial charge in [0.1, 0.15) is 0 Å². The molecule has 0 aromatic carbocycles. The van der Waals surface area contributed by atoms with E-state index < -0.39 is 11.9 Å². The molecule has 0 saturated heterocycles. The highest BCUT2D eigenvalue weighted by atomic mass is 16.5. The van der Waals surface area contributed by atoms with E-state index in [1.807, 2.05) is 0 Å². The van der Waals surface area contributed by atoms with E-state index in [0.29, 0.717) is 38.6 Å². The van der Waals surface area contributed by atoms with E-state index in [1.54, 1.807) is 0 Å². The SMILES string of the molecule is O=C(O)/C=C\C(=O)O.[NH3+]CCCOCCOCCOCCC[NH3+]. The van der Waals surface area contributed by atoms with E-state index in [2.05, 4.69) is 11.5 Å². The molecular weight excluding hydrogens is 308 g/mol. The van der Waals surface area contributed by atoms with Crippen LogP contribution in [0.4, 0.5) is 0 Å². The van der Waals surface area contributed by atoms with Crippen molar-refractivity contribution in [2.45, 2.75) is 12.8 Å². The van der Waals surface area contributed by atoms with Crippen LogP contribution in [-0.4, -0.2) is 74.9 Å². The van der Waals surface area contributed by atoms with E-state index >= 15 is 0 Å². The van der Waals surface area contributed by atoms with E-state index in [0.717, 1.165) is 39.1 Å². The van der Waals surface area contributed by atoms with Gasteiger partial charge in [-0.2, -0.15) is 0 Å². The molecule has 0 fully saturated rings. The second kappa shape index (κ2) is 20.5. The van der Waals surface area contributed by atoms with Crippen molar-refractivity contribution in [3.8, 4) is 0 Å². The first-order chi connectivity index (χ1) is 11.0. The van der Waals surface area contributed by atoms with Gasteiger partial charge in [-0.25, -0.2) is 9.59 Å². The maximum absolute atomic E-state index is 9.55. The minimum atomic E-state index is -1.26. The zero-order chi connectivity index (χ0) is 17.8. The zero-order valence-corrected chi connectivity index (χ0v) is 13.6. The monoisotopic (exact) mass is 338 g/mol. The summed E-state index contributed by atoms with van der Waals surface area (Å²) in [6.45, 7) is 6.06. The molecule has 0 spiro atoms. The Hall–Kier alpha value is -1.52. The number of ether oxygens (including phenoxy) is 3. The fourth-order valence-electron chi connectivity index (χ4n) is 1.09. The van der Waals surface area contributed by atoms with Crippen molar-refractivity contribution in [1.82, 2.24) is 0 Å². The van der Waals surface area contributed by atoms with Crippen LogP contribution < -0.4 is 11.5 Å². The third kappa shape index (κ3) is 29.2. The molecule has 0 saturated carbocycles. The molecule has 0 aliphatic heterocycles. The van der Waals surface area contributed by atoms with Gasteiger partial charge in [-0.15, -0.1) is 0 Å². The van der Waals surface area contributed by atoms with Crippen LogP contribution in [0, 0.1) is 0 Å². The van der Waals surface area contributed by atoms with Crippen LogP contribution >= 0.6 is 0 Å². The molecule has 0 radical (unpaired) electrons. The number of rotatable bonds is 14. The second-order valence-electron chi connectivity index (χ2n) is 4.26. The summed E-state index contributed by atoms with van der Waals surface area (Å²) in [6, 6.07) is 0. The van der Waals surface area contributed by atoms with Gasteiger partial charge in [-0.3, -0.25) is 0 Å². The Kier molecular flexibility index (Phi) is 21.1. The molecule has 0 unspecified atom stereocenters. The lowest BCUT2D eigenvalue weighted by atomic mass is 10.5. The van der Waals surface area contributed by atoms with Gasteiger partial charge in [0.2, 0.25) is 0 Å². The fourth-order valence-corrected chi connectivity index (χ4v) is 1.09. The normalized spacial score (nSPS) is 10.3. The molecule has 0 heterocycles. The summed E-state index contributed by atoms with van der Waals surface area (Å²) >= 11 is 0. The van der Waals surface area contributed by atoms with Crippen LogP contribution in [0.2, 0.25) is 0 Å². The van der Waals surface area contributed by atoms with Crippen molar-refractivity contribution >= 4 is 11.9 Å². The highest BCUT2D eigenvalue weighted by Crippen LogP contribution is 1.83. The third-order valence-electron chi connectivity index (χ3n) is 2.19. The molecule has 0 aromatic rings. The highest BCUT2D eigenvalue weighted by Gasteiger charge is 1.92. The molecule has 0 bridgehead atoms. The van der Waals surface area contributed by atoms with Gasteiger partial charge in [-0.1, -0.05) is 0 Å². The molecular formula is C14H30N2O7+2. The lowest BCUT2D eigenvalue weighted by Crippen LogP contribution is -2.50. The summed E-state index contributed by atoms with van der Waals surface area (Å²) < 4.78 is 15.9. The van der Waals surface area contributed by atoms with Gasteiger partial charge in [0.05, 0.1) is 52.7 Å². The summed E-state index contributed by atoms with van der Waals surface area (Å²) in [4.78, 5) is 19.1. The third-order valence-corrected chi connectivity index (χ3v) is 2.19. The summed E-state index contributed by atoms with van der Waals surface area (Å²) in [7, 11) is 0. The number of carbonyl (C=O) groups is 2. The first kappa shape index (κ1) is 23.7. The van der Waals surface area contributed by atoms with Crippen molar-refractivity contribution in [2.75, 3.05) is 52.7 Å². The topological polar surface area (TPSA) is 158 Å². The summed E-state index contributed by atoms with van der Waals surface area (Å²) in [6.07, 6.45) is 3.16. The minimum absolute atomic E-state index is 0.558. The number of hydrogen-bond acceptors (Lipinski definition) is 5. The van der Waals surface area contributed by atoms with E-state index in [9.17, 15) is 9.59 Å². The van der Waals surface area contributed by atoms with Gasteiger partial charge in [0.15, 0.2) is 0 Å². The maximum atomic E-state index is 9.55. The van der Waals surface area contributed by atoms with Gasteiger partial charge >= 0.3 is 11.9 Å². The Labute approximate surface area is 136 Å². The quantitative estimate of drug-likeness (QED) is 0.211. The highest BCUT2D eigenvalue weighted by molar-refractivity contribution is 5.89. The largest absolute Gasteiger partial charge is 0.478 e. The van der Waals surface area contributed by atoms with Crippen molar-refractivity contribution in [3.63, 3.8) is 0 Å². The molecule has 0 rings (SSSR count). The minimum Gasteiger partial charge on any atom is -0.478 e. The van der Waals surface area contributed by atoms with Gasteiger partial charge in [0.25, 0.3) is 0 Å². The van der Waals surface area contributed by atoms with Crippen molar-refractivity contribution in [3.05, 3.63) is 12.2 Å².